The van der Waals surface area contributed by atoms with Gasteiger partial charge in [-0.15, -0.1) is 0 Å². The van der Waals surface area contributed by atoms with Gasteiger partial charge in [0.2, 0.25) is 0 Å². The summed E-state index contributed by atoms with van der Waals surface area (Å²) >= 11 is 0. The Kier molecular flexibility index (Phi) is 3.99. The lowest BCUT2D eigenvalue weighted by Crippen LogP contribution is -2.01. The van der Waals surface area contributed by atoms with Crippen LogP contribution in [-0.2, 0) is 6.54 Å². The standard InChI is InChI=1S/C15H13FN2O/c1-19-15-8-13(16)5-6-14(15)18-10-12-4-2-3-11(7-12)9-17/h2-8,18H,10H2,1H3. The highest BCUT2D eigenvalue weighted by atomic mass is 19.1. The molecule has 96 valence electrons. The van der Waals surface area contributed by atoms with Crippen LogP contribution in [0.1, 0.15) is 11.1 Å². The molecule has 1 N–H and O–H groups in total. The van der Waals surface area contributed by atoms with Crippen LogP contribution >= 0.6 is 0 Å². The minimum atomic E-state index is -0.339. The first-order valence-corrected chi connectivity index (χ1v) is 5.79. The van der Waals surface area contributed by atoms with Crippen LogP contribution in [-0.4, -0.2) is 7.11 Å². The number of anilines is 1. The number of nitrogens with one attached hydrogen (secondary N) is 1. The van der Waals surface area contributed by atoms with Gasteiger partial charge in [0.1, 0.15) is 11.6 Å². The van der Waals surface area contributed by atoms with E-state index in [-0.39, 0.29) is 5.82 Å². The molecule has 0 heterocycles. The molecule has 2 aromatic carbocycles. The average molecular weight is 256 g/mol. The van der Waals surface area contributed by atoms with Crippen molar-refractivity contribution in [3.8, 4) is 11.8 Å². The van der Waals surface area contributed by atoms with E-state index in [2.05, 4.69) is 11.4 Å². The van der Waals surface area contributed by atoms with Gasteiger partial charge in [-0.05, 0) is 29.8 Å². The van der Waals surface area contributed by atoms with Gasteiger partial charge in [0.25, 0.3) is 0 Å². The van der Waals surface area contributed by atoms with E-state index in [0.717, 1.165) is 5.56 Å². The van der Waals surface area contributed by atoms with Crippen LogP contribution in [0.15, 0.2) is 42.5 Å². The fourth-order valence-corrected chi connectivity index (χ4v) is 1.76. The molecule has 0 saturated carbocycles. The van der Waals surface area contributed by atoms with Gasteiger partial charge in [0, 0.05) is 12.6 Å². The van der Waals surface area contributed by atoms with Crippen molar-refractivity contribution in [2.24, 2.45) is 0 Å². The number of hydrogen-bond acceptors (Lipinski definition) is 3. The van der Waals surface area contributed by atoms with Gasteiger partial charge in [-0.3, -0.25) is 0 Å². The third kappa shape index (κ3) is 3.23. The molecule has 0 saturated heterocycles. The molecule has 2 aromatic rings. The summed E-state index contributed by atoms with van der Waals surface area (Å²) in [5.74, 6) is 0.116. The van der Waals surface area contributed by atoms with E-state index in [1.165, 1.54) is 19.2 Å². The van der Waals surface area contributed by atoms with E-state index in [9.17, 15) is 4.39 Å². The zero-order valence-corrected chi connectivity index (χ0v) is 10.5. The monoisotopic (exact) mass is 256 g/mol. The lowest BCUT2D eigenvalue weighted by Gasteiger charge is -2.11. The summed E-state index contributed by atoms with van der Waals surface area (Å²) in [6, 6.07) is 13.7. The summed E-state index contributed by atoms with van der Waals surface area (Å²) in [6.45, 7) is 0.539. The number of benzene rings is 2. The van der Waals surface area contributed by atoms with Gasteiger partial charge in [-0.25, -0.2) is 4.39 Å². The van der Waals surface area contributed by atoms with Gasteiger partial charge in [0.05, 0.1) is 24.4 Å². The third-order valence-electron chi connectivity index (χ3n) is 2.70. The molecule has 0 amide bonds. The fraction of sp³-hybridized carbons (Fsp3) is 0.133. The number of halogens is 1. The van der Waals surface area contributed by atoms with Gasteiger partial charge in [0.15, 0.2) is 0 Å². The van der Waals surface area contributed by atoms with Gasteiger partial charge in [-0.1, -0.05) is 12.1 Å². The number of nitrogens with zero attached hydrogens (tertiary/aromatic N) is 1. The van der Waals surface area contributed by atoms with Crippen LogP contribution in [0.3, 0.4) is 0 Å². The number of nitriles is 1. The quantitative estimate of drug-likeness (QED) is 0.912. The van der Waals surface area contributed by atoms with E-state index in [1.54, 1.807) is 12.1 Å². The molecule has 0 aromatic heterocycles. The van der Waals surface area contributed by atoms with Crippen molar-refractivity contribution < 1.29 is 9.13 Å². The van der Waals surface area contributed by atoms with E-state index < -0.39 is 0 Å². The summed E-state index contributed by atoms with van der Waals surface area (Å²) < 4.78 is 18.2. The molecule has 0 radical (unpaired) electrons. The highest BCUT2D eigenvalue weighted by Crippen LogP contribution is 2.25. The maximum absolute atomic E-state index is 13.1. The maximum Gasteiger partial charge on any atom is 0.144 e. The number of hydrogen-bond donors (Lipinski definition) is 1. The Bertz CT molecular complexity index is 620. The summed E-state index contributed by atoms with van der Waals surface area (Å²) in [5, 5.41) is 12.0. The highest BCUT2D eigenvalue weighted by Gasteiger charge is 2.04. The molecule has 0 aliphatic heterocycles. The topological polar surface area (TPSA) is 45.0 Å². The minimum absolute atomic E-state index is 0.339. The molecule has 19 heavy (non-hydrogen) atoms. The molecular weight excluding hydrogens is 243 g/mol. The Balaban J connectivity index is 2.12. The molecule has 0 unspecified atom stereocenters. The first-order chi connectivity index (χ1) is 9.22. The number of methoxy groups -OCH3 is 1. The van der Waals surface area contributed by atoms with Crippen molar-refractivity contribution in [3.63, 3.8) is 0 Å². The third-order valence-corrected chi connectivity index (χ3v) is 2.70. The van der Waals surface area contributed by atoms with Crippen LogP contribution in [0.5, 0.6) is 5.75 Å². The zero-order valence-electron chi connectivity index (χ0n) is 10.5. The molecule has 0 spiro atoms. The summed E-state index contributed by atoms with van der Waals surface area (Å²) in [6.07, 6.45) is 0. The molecule has 2 rings (SSSR count). The molecule has 0 aliphatic rings. The van der Waals surface area contributed by atoms with Gasteiger partial charge in [-0.2, -0.15) is 5.26 Å². The average Bonchev–Trinajstić information content (AvgIpc) is 2.46. The Morgan fingerprint density at radius 2 is 2.11 bits per heavy atom. The predicted octanol–water partition coefficient (Wildman–Crippen LogP) is 3.32. The molecule has 0 atom stereocenters. The van der Waals surface area contributed by atoms with Crippen molar-refractivity contribution in [2.45, 2.75) is 6.54 Å². The van der Waals surface area contributed by atoms with Crippen LogP contribution in [0.25, 0.3) is 0 Å². The molecule has 0 aliphatic carbocycles. The van der Waals surface area contributed by atoms with Crippen molar-refractivity contribution in [3.05, 3.63) is 59.4 Å². The van der Waals surface area contributed by atoms with E-state index in [0.29, 0.717) is 23.5 Å². The predicted molar refractivity (Wildman–Crippen MR) is 71.4 cm³/mol. The fourth-order valence-electron chi connectivity index (χ4n) is 1.76. The Morgan fingerprint density at radius 3 is 2.84 bits per heavy atom. The molecular formula is C15H13FN2O. The Hall–Kier alpha value is -2.54. The second kappa shape index (κ2) is 5.87. The number of ether oxygens (including phenoxy) is 1. The van der Waals surface area contributed by atoms with Crippen LogP contribution in [0.4, 0.5) is 10.1 Å². The van der Waals surface area contributed by atoms with E-state index in [4.69, 9.17) is 10.00 Å². The van der Waals surface area contributed by atoms with E-state index in [1.807, 2.05) is 18.2 Å². The second-order valence-corrected chi connectivity index (χ2v) is 4.01. The first kappa shape index (κ1) is 12.9. The van der Waals surface area contributed by atoms with Crippen LogP contribution in [0, 0.1) is 17.1 Å². The Labute approximate surface area is 111 Å². The van der Waals surface area contributed by atoms with Crippen molar-refractivity contribution in [1.82, 2.24) is 0 Å². The van der Waals surface area contributed by atoms with Crippen molar-refractivity contribution >= 4 is 5.69 Å². The Morgan fingerprint density at radius 1 is 1.26 bits per heavy atom. The van der Waals surface area contributed by atoms with Gasteiger partial charge < -0.3 is 10.1 Å². The molecule has 0 fully saturated rings. The normalized spacial score (nSPS) is 9.74. The van der Waals surface area contributed by atoms with Crippen LogP contribution in [0.2, 0.25) is 0 Å². The van der Waals surface area contributed by atoms with Gasteiger partial charge >= 0.3 is 0 Å². The second-order valence-electron chi connectivity index (χ2n) is 4.01. The molecule has 4 heteroatoms. The largest absolute Gasteiger partial charge is 0.494 e. The SMILES string of the molecule is COc1cc(F)ccc1NCc1cccc(C#N)c1. The van der Waals surface area contributed by atoms with Crippen molar-refractivity contribution in [1.29, 1.82) is 5.26 Å². The summed E-state index contributed by atoms with van der Waals surface area (Å²) in [5.41, 5.74) is 2.31. The maximum atomic E-state index is 13.1. The first-order valence-electron chi connectivity index (χ1n) is 5.79. The zero-order chi connectivity index (χ0) is 13.7. The molecule has 3 nitrogen and oxygen atoms in total. The summed E-state index contributed by atoms with van der Waals surface area (Å²) in [4.78, 5) is 0. The van der Waals surface area contributed by atoms with E-state index >= 15 is 0 Å². The van der Waals surface area contributed by atoms with Crippen molar-refractivity contribution in [2.75, 3.05) is 12.4 Å². The highest BCUT2D eigenvalue weighted by molar-refractivity contribution is 5.56. The number of rotatable bonds is 4. The smallest absolute Gasteiger partial charge is 0.144 e. The lowest BCUT2D eigenvalue weighted by atomic mass is 10.1. The molecule has 0 bridgehead atoms. The van der Waals surface area contributed by atoms with Crippen LogP contribution < -0.4 is 10.1 Å². The summed E-state index contributed by atoms with van der Waals surface area (Å²) in [7, 11) is 1.50. The minimum Gasteiger partial charge on any atom is -0.494 e. The lowest BCUT2D eigenvalue weighted by molar-refractivity contribution is 0.413.